The predicted octanol–water partition coefficient (Wildman–Crippen LogP) is 3.02. The summed E-state index contributed by atoms with van der Waals surface area (Å²) in [4.78, 5) is 24.7. The average Bonchev–Trinajstić information content (AvgIpc) is 2.51. The van der Waals surface area contributed by atoms with E-state index in [4.69, 9.17) is 11.6 Å². The molecular weight excluding hydrogens is 308 g/mol. The van der Waals surface area contributed by atoms with Crippen molar-refractivity contribution in [2.24, 2.45) is 0 Å². The molecule has 116 valence electrons. The molecule has 0 aliphatic heterocycles. The Labute approximate surface area is 132 Å². The fourth-order valence-corrected chi connectivity index (χ4v) is 2.16. The van der Waals surface area contributed by atoms with Gasteiger partial charge in [-0.1, -0.05) is 11.6 Å². The molecule has 0 amide bonds. The molecule has 2 heterocycles. The van der Waals surface area contributed by atoms with E-state index in [0.717, 1.165) is 0 Å². The lowest BCUT2D eigenvalue weighted by atomic mass is 10.3. The van der Waals surface area contributed by atoms with Crippen molar-refractivity contribution in [3.63, 3.8) is 0 Å². The largest absolute Gasteiger partial charge is 0.353 e. The summed E-state index contributed by atoms with van der Waals surface area (Å²) in [6.45, 7) is 5.00. The molecule has 0 aliphatic carbocycles. The van der Waals surface area contributed by atoms with Crippen LogP contribution in [0, 0.1) is 10.1 Å². The number of hydrogen-bond donors (Lipinski definition) is 1. The summed E-state index contributed by atoms with van der Waals surface area (Å²) in [6.07, 6.45) is 2.82. The molecule has 9 heteroatoms. The van der Waals surface area contributed by atoms with Crippen LogP contribution < -0.4 is 10.2 Å². The van der Waals surface area contributed by atoms with E-state index in [1.54, 1.807) is 17.0 Å². The minimum Gasteiger partial charge on any atom is -0.351 e. The van der Waals surface area contributed by atoms with Gasteiger partial charge in [-0.15, -0.1) is 0 Å². The van der Waals surface area contributed by atoms with Crippen LogP contribution in [0.4, 0.5) is 23.0 Å². The molecule has 0 bridgehead atoms. The second-order valence-electron chi connectivity index (χ2n) is 4.29. The number of pyridine rings is 1. The number of hydrogen-bond acceptors (Lipinski definition) is 7. The standard InChI is InChI=1S/C13H15ClN6O2/c1-3-19(4-2)13-10(20(21)22)12(16-8-17-13)18-9-6-5-7-15-11(9)14/h5-8H,3-4H2,1-2H3,(H,16,17,18). The SMILES string of the molecule is CCN(CC)c1ncnc(Nc2cccnc2Cl)c1[N+](=O)[O-]. The lowest BCUT2D eigenvalue weighted by Gasteiger charge is -2.20. The maximum atomic E-state index is 11.5. The number of nitrogens with one attached hydrogen (secondary N) is 1. The van der Waals surface area contributed by atoms with E-state index >= 15 is 0 Å². The third-order valence-corrected chi connectivity index (χ3v) is 3.36. The van der Waals surface area contributed by atoms with Gasteiger partial charge in [0, 0.05) is 19.3 Å². The molecule has 0 saturated heterocycles. The van der Waals surface area contributed by atoms with E-state index in [9.17, 15) is 10.1 Å². The van der Waals surface area contributed by atoms with Crippen LogP contribution in [0.25, 0.3) is 0 Å². The van der Waals surface area contributed by atoms with Crippen molar-refractivity contribution in [3.8, 4) is 0 Å². The molecule has 2 rings (SSSR count). The Bertz CT molecular complexity index is 677. The van der Waals surface area contributed by atoms with Gasteiger partial charge in [-0.2, -0.15) is 0 Å². The van der Waals surface area contributed by atoms with Crippen molar-refractivity contribution < 1.29 is 4.92 Å². The van der Waals surface area contributed by atoms with E-state index in [-0.39, 0.29) is 22.5 Å². The second kappa shape index (κ2) is 6.99. The maximum absolute atomic E-state index is 11.5. The normalized spacial score (nSPS) is 10.3. The Morgan fingerprint density at radius 3 is 2.64 bits per heavy atom. The molecule has 0 aliphatic rings. The van der Waals surface area contributed by atoms with Crippen LogP contribution in [0.5, 0.6) is 0 Å². The van der Waals surface area contributed by atoms with Crippen LogP contribution in [0.15, 0.2) is 24.7 Å². The van der Waals surface area contributed by atoms with Crippen LogP contribution in [0.2, 0.25) is 5.15 Å². The first-order valence-electron chi connectivity index (χ1n) is 6.70. The Morgan fingerprint density at radius 2 is 2.05 bits per heavy atom. The van der Waals surface area contributed by atoms with Gasteiger partial charge in [0.25, 0.3) is 0 Å². The fourth-order valence-electron chi connectivity index (χ4n) is 1.99. The summed E-state index contributed by atoms with van der Waals surface area (Å²) in [7, 11) is 0. The Hall–Kier alpha value is -2.48. The molecule has 22 heavy (non-hydrogen) atoms. The number of rotatable bonds is 6. The summed E-state index contributed by atoms with van der Waals surface area (Å²) in [6, 6.07) is 3.34. The lowest BCUT2D eigenvalue weighted by Crippen LogP contribution is -2.24. The number of anilines is 3. The zero-order valence-electron chi connectivity index (χ0n) is 12.2. The first-order valence-corrected chi connectivity index (χ1v) is 7.08. The summed E-state index contributed by atoms with van der Waals surface area (Å²) in [5, 5.41) is 14.5. The quantitative estimate of drug-likeness (QED) is 0.496. The summed E-state index contributed by atoms with van der Waals surface area (Å²) in [5.41, 5.74) is 0.252. The molecule has 8 nitrogen and oxygen atoms in total. The molecule has 0 spiro atoms. The van der Waals surface area contributed by atoms with Crippen molar-refractivity contribution in [2.75, 3.05) is 23.3 Å². The Morgan fingerprint density at radius 1 is 1.32 bits per heavy atom. The molecular formula is C13H15ClN6O2. The van der Waals surface area contributed by atoms with Gasteiger partial charge in [0.05, 0.1) is 10.6 Å². The predicted molar refractivity (Wildman–Crippen MR) is 84.8 cm³/mol. The first kappa shape index (κ1) is 15.9. The highest BCUT2D eigenvalue weighted by Gasteiger charge is 2.26. The number of nitrogens with zero attached hydrogens (tertiary/aromatic N) is 5. The van der Waals surface area contributed by atoms with Gasteiger partial charge in [-0.3, -0.25) is 10.1 Å². The maximum Gasteiger partial charge on any atom is 0.353 e. The highest BCUT2D eigenvalue weighted by Crippen LogP contribution is 2.34. The van der Waals surface area contributed by atoms with Crippen molar-refractivity contribution >= 4 is 34.6 Å². The van der Waals surface area contributed by atoms with Gasteiger partial charge < -0.3 is 10.2 Å². The van der Waals surface area contributed by atoms with Gasteiger partial charge in [0.2, 0.25) is 11.6 Å². The van der Waals surface area contributed by atoms with Crippen molar-refractivity contribution in [1.82, 2.24) is 15.0 Å². The summed E-state index contributed by atoms with van der Waals surface area (Å²) >= 11 is 5.97. The Kier molecular flexibility index (Phi) is 5.05. The molecule has 0 radical (unpaired) electrons. The van der Waals surface area contributed by atoms with Gasteiger partial charge in [0.1, 0.15) is 6.33 Å². The van der Waals surface area contributed by atoms with Gasteiger partial charge >= 0.3 is 5.69 Å². The highest BCUT2D eigenvalue weighted by atomic mass is 35.5. The molecule has 2 aromatic heterocycles. The first-order chi connectivity index (χ1) is 10.6. The van der Waals surface area contributed by atoms with Crippen LogP contribution in [-0.2, 0) is 0 Å². The number of nitro groups is 1. The molecule has 0 fully saturated rings. The average molecular weight is 323 g/mol. The fraction of sp³-hybridized carbons (Fsp3) is 0.308. The van der Waals surface area contributed by atoms with Crippen LogP contribution >= 0.6 is 11.6 Å². The van der Waals surface area contributed by atoms with E-state index in [2.05, 4.69) is 20.3 Å². The lowest BCUT2D eigenvalue weighted by molar-refractivity contribution is -0.383. The van der Waals surface area contributed by atoms with Gasteiger partial charge in [-0.05, 0) is 26.0 Å². The van der Waals surface area contributed by atoms with Crippen LogP contribution in [0.3, 0.4) is 0 Å². The van der Waals surface area contributed by atoms with Gasteiger partial charge in [-0.25, -0.2) is 15.0 Å². The van der Waals surface area contributed by atoms with Crippen LogP contribution in [-0.4, -0.2) is 33.0 Å². The second-order valence-corrected chi connectivity index (χ2v) is 4.65. The molecule has 0 aromatic carbocycles. The van der Waals surface area contributed by atoms with Crippen molar-refractivity contribution in [2.45, 2.75) is 13.8 Å². The van der Waals surface area contributed by atoms with E-state index < -0.39 is 4.92 Å². The molecule has 0 unspecified atom stereocenters. The van der Waals surface area contributed by atoms with E-state index in [1.165, 1.54) is 12.5 Å². The number of aromatic nitrogens is 3. The topological polar surface area (TPSA) is 97.1 Å². The highest BCUT2D eigenvalue weighted by molar-refractivity contribution is 6.32. The molecule has 0 saturated carbocycles. The third kappa shape index (κ3) is 3.22. The third-order valence-electron chi connectivity index (χ3n) is 3.06. The van der Waals surface area contributed by atoms with Crippen LogP contribution in [0.1, 0.15) is 13.8 Å². The minimum atomic E-state index is -0.500. The zero-order valence-corrected chi connectivity index (χ0v) is 12.9. The monoisotopic (exact) mass is 322 g/mol. The summed E-state index contributed by atoms with van der Waals surface area (Å²) in [5.74, 6) is 0.351. The zero-order chi connectivity index (χ0) is 16.1. The minimum absolute atomic E-state index is 0.0804. The van der Waals surface area contributed by atoms with E-state index in [1.807, 2.05) is 13.8 Å². The van der Waals surface area contributed by atoms with Crippen molar-refractivity contribution in [1.29, 1.82) is 0 Å². The van der Waals surface area contributed by atoms with Crippen molar-refractivity contribution in [3.05, 3.63) is 39.9 Å². The summed E-state index contributed by atoms with van der Waals surface area (Å²) < 4.78 is 0. The van der Waals surface area contributed by atoms with Gasteiger partial charge in [0.15, 0.2) is 5.15 Å². The Balaban J connectivity index is 2.50. The number of halogens is 1. The smallest absolute Gasteiger partial charge is 0.351 e. The molecule has 1 N–H and O–H groups in total. The molecule has 2 aromatic rings. The molecule has 0 atom stereocenters. The van der Waals surface area contributed by atoms with E-state index in [0.29, 0.717) is 18.8 Å².